The van der Waals surface area contributed by atoms with Gasteiger partial charge in [0.1, 0.15) is 17.9 Å². The van der Waals surface area contributed by atoms with Gasteiger partial charge in [0, 0.05) is 29.6 Å². The molecule has 0 atom stereocenters. The normalized spacial score (nSPS) is 14.0. The molecule has 1 aliphatic heterocycles. The van der Waals surface area contributed by atoms with Crippen LogP contribution in [0.4, 0.5) is 17.6 Å². The van der Waals surface area contributed by atoms with E-state index in [1.54, 1.807) is 35.0 Å². The van der Waals surface area contributed by atoms with Crippen molar-refractivity contribution >= 4 is 11.4 Å². The van der Waals surface area contributed by atoms with Crippen LogP contribution >= 0.6 is 0 Å². The van der Waals surface area contributed by atoms with Crippen LogP contribution in [0.1, 0.15) is 33.3 Å². The summed E-state index contributed by atoms with van der Waals surface area (Å²) in [6.45, 7) is -0.293. The summed E-state index contributed by atoms with van der Waals surface area (Å²) in [5, 5.41) is 5.63. The maximum atomic E-state index is 14.6. The summed E-state index contributed by atoms with van der Waals surface area (Å²) < 4.78 is 56.4. The van der Waals surface area contributed by atoms with E-state index in [4.69, 9.17) is 0 Å². The fourth-order valence-corrected chi connectivity index (χ4v) is 4.07. The highest BCUT2D eigenvalue weighted by Gasteiger charge is 2.46. The Balaban J connectivity index is 1.41. The first-order valence-electron chi connectivity index (χ1n) is 10.0. The van der Waals surface area contributed by atoms with Crippen molar-refractivity contribution in [1.82, 2.24) is 24.5 Å². The summed E-state index contributed by atoms with van der Waals surface area (Å²) >= 11 is 0. The van der Waals surface area contributed by atoms with Crippen molar-refractivity contribution in [3.63, 3.8) is 0 Å². The minimum atomic E-state index is -4.62. The van der Waals surface area contributed by atoms with Crippen molar-refractivity contribution in [2.75, 3.05) is 6.54 Å². The number of amides is 1. The van der Waals surface area contributed by atoms with Gasteiger partial charge in [-0.05, 0) is 29.8 Å². The van der Waals surface area contributed by atoms with Gasteiger partial charge in [-0.15, -0.1) is 5.10 Å². The molecule has 0 bridgehead atoms. The summed E-state index contributed by atoms with van der Waals surface area (Å²) in [6, 6.07) is 7.56. The first-order chi connectivity index (χ1) is 15.7. The molecular formula is C21H17F4N6O2+. The van der Waals surface area contributed by atoms with Crippen LogP contribution in [0.15, 0.2) is 47.5 Å². The summed E-state index contributed by atoms with van der Waals surface area (Å²) in [6.07, 6.45) is -1.01. The number of fused-ring (bicyclic) bond motifs is 2. The second kappa shape index (κ2) is 7.57. The molecule has 1 amide bonds. The number of hydrogen-bond donors (Lipinski definition) is 2. The quantitative estimate of drug-likeness (QED) is 0.362. The number of hydrogen-bond acceptors (Lipinski definition) is 3. The maximum Gasteiger partial charge on any atom is 0.485 e. The molecule has 0 fully saturated rings. The van der Waals surface area contributed by atoms with Crippen molar-refractivity contribution in [2.45, 2.75) is 25.7 Å². The molecule has 2 N–H and O–H groups in total. The van der Waals surface area contributed by atoms with Gasteiger partial charge in [0.15, 0.2) is 0 Å². The lowest BCUT2D eigenvalue weighted by molar-refractivity contribution is -0.727. The van der Waals surface area contributed by atoms with Crippen molar-refractivity contribution in [3.05, 3.63) is 87.4 Å². The highest BCUT2D eigenvalue weighted by atomic mass is 19.4. The number of nitrogens with one attached hydrogen (secondary N) is 2. The lowest BCUT2D eigenvalue weighted by atomic mass is 10.0. The van der Waals surface area contributed by atoms with Gasteiger partial charge in [0.25, 0.3) is 17.3 Å². The molecule has 0 unspecified atom stereocenters. The van der Waals surface area contributed by atoms with E-state index in [9.17, 15) is 27.2 Å². The van der Waals surface area contributed by atoms with E-state index in [0.717, 1.165) is 10.3 Å². The van der Waals surface area contributed by atoms with Gasteiger partial charge in [0.05, 0.1) is 18.7 Å². The molecule has 0 radical (unpaired) electrons. The number of H-pyrrole nitrogens is 2. The first kappa shape index (κ1) is 20.9. The molecule has 0 spiro atoms. The maximum absolute atomic E-state index is 14.6. The van der Waals surface area contributed by atoms with Crippen LogP contribution in [-0.4, -0.2) is 36.9 Å². The molecule has 170 valence electrons. The van der Waals surface area contributed by atoms with E-state index < -0.39 is 23.7 Å². The molecule has 0 saturated carbocycles. The minimum absolute atomic E-state index is 0.0211. The molecule has 1 aromatic carbocycles. The van der Waals surface area contributed by atoms with Gasteiger partial charge < -0.3 is 14.3 Å². The SMILES string of the molecule is O=C(c1cc(Cc2c[nH]c(=O)c3cccn23)ccc1F)N1CC[n+]2c(C(F)(F)F)n[nH]c2C1. The molecule has 8 nitrogen and oxygen atoms in total. The van der Waals surface area contributed by atoms with E-state index in [-0.39, 0.29) is 36.6 Å². The number of rotatable bonds is 3. The Morgan fingerprint density at radius 3 is 2.85 bits per heavy atom. The average molecular weight is 461 g/mol. The zero-order valence-electron chi connectivity index (χ0n) is 17.0. The monoisotopic (exact) mass is 461 g/mol. The van der Waals surface area contributed by atoms with Crippen LogP contribution in [0.2, 0.25) is 0 Å². The van der Waals surface area contributed by atoms with Gasteiger partial charge in [0.2, 0.25) is 0 Å². The fourth-order valence-electron chi connectivity index (χ4n) is 4.07. The van der Waals surface area contributed by atoms with Gasteiger partial charge >= 0.3 is 12.0 Å². The van der Waals surface area contributed by atoms with Crippen molar-refractivity contribution in [1.29, 1.82) is 0 Å². The van der Waals surface area contributed by atoms with Crippen LogP contribution in [0.5, 0.6) is 0 Å². The Kier molecular flexibility index (Phi) is 4.80. The van der Waals surface area contributed by atoms with Crippen LogP contribution in [0.25, 0.3) is 5.52 Å². The molecular weight excluding hydrogens is 444 g/mol. The fraction of sp³-hybridized carbons (Fsp3) is 0.238. The van der Waals surface area contributed by atoms with E-state index in [0.29, 0.717) is 17.5 Å². The first-order valence-corrected chi connectivity index (χ1v) is 10.0. The highest BCUT2D eigenvalue weighted by molar-refractivity contribution is 5.94. The second-order valence-electron chi connectivity index (χ2n) is 7.73. The molecule has 4 aromatic rings. The third kappa shape index (κ3) is 3.66. The molecule has 1 aliphatic rings. The molecule has 5 rings (SSSR count). The largest absolute Gasteiger partial charge is 0.485 e. The van der Waals surface area contributed by atoms with E-state index in [1.807, 2.05) is 0 Å². The predicted molar refractivity (Wildman–Crippen MR) is 106 cm³/mol. The highest BCUT2D eigenvalue weighted by Crippen LogP contribution is 2.26. The Morgan fingerprint density at radius 2 is 2.06 bits per heavy atom. The molecule has 0 aliphatic carbocycles. The van der Waals surface area contributed by atoms with E-state index >= 15 is 0 Å². The molecule has 4 heterocycles. The number of benzene rings is 1. The van der Waals surface area contributed by atoms with Crippen LogP contribution < -0.4 is 10.1 Å². The lowest BCUT2D eigenvalue weighted by Crippen LogP contribution is -2.54. The number of carbonyl (C=O) groups is 1. The second-order valence-corrected chi connectivity index (χ2v) is 7.73. The Bertz CT molecular complexity index is 1430. The van der Waals surface area contributed by atoms with Crippen molar-refractivity contribution in [2.24, 2.45) is 0 Å². The van der Waals surface area contributed by atoms with Crippen molar-refractivity contribution in [3.8, 4) is 0 Å². The number of nitrogens with zero attached hydrogens (tertiary/aromatic N) is 4. The van der Waals surface area contributed by atoms with Gasteiger partial charge in [-0.25, -0.2) is 8.96 Å². The number of halogens is 4. The zero-order valence-corrected chi connectivity index (χ0v) is 17.0. The topological polar surface area (TPSA) is 90.1 Å². The molecule has 33 heavy (non-hydrogen) atoms. The van der Waals surface area contributed by atoms with Gasteiger partial charge in [-0.3, -0.25) is 9.59 Å². The third-order valence-electron chi connectivity index (χ3n) is 5.65. The number of carbonyl (C=O) groups excluding carboxylic acids is 1. The molecule has 3 aromatic heterocycles. The average Bonchev–Trinajstić information content (AvgIpc) is 3.43. The summed E-state index contributed by atoms with van der Waals surface area (Å²) in [7, 11) is 0. The number of aromatic nitrogens is 5. The van der Waals surface area contributed by atoms with Crippen LogP contribution in [0.3, 0.4) is 0 Å². The lowest BCUT2D eigenvalue weighted by Gasteiger charge is -2.25. The number of aromatic amines is 2. The van der Waals surface area contributed by atoms with Gasteiger partial charge in [-0.2, -0.15) is 13.2 Å². The standard InChI is InChI=1S/C21H16F4N6O2/c22-15-4-3-12(8-13-10-26-18(32)16-2-1-5-30(13)16)9-14(15)19(33)29-6-7-31-17(11-29)27-28-20(31)21(23,24)25/h1-5,9-10H,6-8,11H2,(H,26,32)/p+1. The third-order valence-corrected chi connectivity index (χ3v) is 5.65. The van der Waals surface area contributed by atoms with Crippen molar-refractivity contribution < 1.29 is 26.9 Å². The smallest absolute Gasteiger partial charge is 0.326 e. The Hall–Kier alpha value is -3.96. The zero-order chi connectivity index (χ0) is 23.3. The summed E-state index contributed by atoms with van der Waals surface area (Å²) in [4.78, 5) is 28.9. The predicted octanol–water partition coefficient (Wildman–Crippen LogP) is 2.04. The number of alkyl halides is 3. The molecule has 0 saturated heterocycles. The van der Waals surface area contributed by atoms with Gasteiger partial charge in [-0.1, -0.05) is 6.07 Å². The minimum Gasteiger partial charge on any atom is -0.326 e. The van der Waals surface area contributed by atoms with E-state index in [2.05, 4.69) is 15.2 Å². The van der Waals surface area contributed by atoms with Crippen LogP contribution in [-0.2, 0) is 25.7 Å². The summed E-state index contributed by atoms with van der Waals surface area (Å²) in [5.41, 5.74) is 1.41. The Morgan fingerprint density at radius 1 is 1.24 bits per heavy atom. The Labute approximate surface area is 183 Å². The van der Waals surface area contributed by atoms with E-state index in [1.165, 1.54) is 17.0 Å². The summed E-state index contributed by atoms with van der Waals surface area (Å²) in [5.74, 6) is -2.30. The van der Waals surface area contributed by atoms with Crippen LogP contribution in [0, 0.1) is 5.82 Å². The molecule has 12 heteroatoms.